The van der Waals surface area contributed by atoms with E-state index in [4.69, 9.17) is 4.52 Å². The van der Waals surface area contributed by atoms with Gasteiger partial charge in [0, 0.05) is 24.6 Å². The minimum atomic E-state index is -3.63. The van der Waals surface area contributed by atoms with Crippen LogP contribution < -0.4 is 0 Å². The minimum absolute atomic E-state index is 0.0198. The molecule has 0 aliphatic heterocycles. The fourth-order valence-corrected chi connectivity index (χ4v) is 4.00. The average molecular weight is 344 g/mol. The molecule has 0 radical (unpaired) electrons. The summed E-state index contributed by atoms with van der Waals surface area (Å²) in [6.07, 6.45) is 2.07. The molecule has 1 fully saturated rings. The van der Waals surface area contributed by atoms with Gasteiger partial charge in [-0.3, -0.25) is 0 Å². The highest BCUT2D eigenvalue weighted by Gasteiger charge is 2.32. The van der Waals surface area contributed by atoms with Crippen LogP contribution in [0.25, 0.3) is 11.3 Å². The minimum Gasteiger partial charge on any atom is -0.356 e. The summed E-state index contributed by atoms with van der Waals surface area (Å²) in [4.78, 5) is 0. The van der Waals surface area contributed by atoms with E-state index in [1.807, 2.05) is 30.3 Å². The first-order valence-electron chi connectivity index (χ1n) is 7.67. The van der Waals surface area contributed by atoms with Gasteiger partial charge in [-0.2, -0.15) is 0 Å². The lowest BCUT2D eigenvalue weighted by Gasteiger charge is -2.03. The van der Waals surface area contributed by atoms with Crippen molar-refractivity contribution in [3.8, 4) is 11.3 Å². The van der Waals surface area contributed by atoms with Gasteiger partial charge in [-0.15, -0.1) is 10.2 Å². The van der Waals surface area contributed by atoms with E-state index in [0.717, 1.165) is 24.2 Å². The highest BCUT2D eigenvalue weighted by atomic mass is 32.2. The Bertz CT molecular complexity index is 972. The van der Waals surface area contributed by atoms with Crippen molar-refractivity contribution >= 4 is 9.84 Å². The highest BCUT2D eigenvalue weighted by molar-refractivity contribution is 7.90. The third kappa shape index (κ3) is 2.73. The van der Waals surface area contributed by atoms with E-state index in [1.54, 1.807) is 17.7 Å². The lowest BCUT2D eigenvalue weighted by atomic mass is 10.2. The predicted octanol–water partition coefficient (Wildman–Crippen LogP) is 2.32. The molecule has 1 saturated carbocycles. The predicted molar refractivity (Wildman–Crippen MR) is 85.8 cm³/mol. The van der Waals surface area contributed by atoms with Crippen LogP contribution in [-0.4, -0.2) is 28.3 Å². The maximum absolute atomic E-state index is 12.6. The topological polar surface area (TPSA) is 90.9 Å². The third-order valence-electron chi connectivity index (χ3n) is 4.04. The molecule has 1 aliphatic carbocycles. The summed E-state index contributed by atoms with van der Waals surface area (Å²) in [5, 5.41) is 11.8. The summed E-state index contributed by atoms with van der Waals surface area (Å²) in [6, 6.07) is 11.1. The quantitative estimate of drug-likeness (QED) is 0.705. The van der Waals surface area contributed by atoms with Crippen molar-refractivity contribution in [2.24, 2.45) is 7.05 Å². The van der Waals surface area contributed by atoms with Gasteiger partial charge in [0.15, 0.2) is 5.76 Å². The summed E-state index contributed by atoms with van der Waals surface area (Å²) in [6.45, 7) is 0. The number of benzene rings is 1. The molecule has 0 N–H and O–H groups in total. The summed E-state index contributed by atoms with van der Waals surface area (Å²) in [7, 11) is -1.94. The fourth-order valence-electron chi connectivity index (χ4n) is 2.67. The molecule has 2 aromatic heterocycles. The molecule has 0 atom stereocenters. The van der Waals surface area contributed by atoms with Crippen LogP contribution in [0.15, 0.2) is 46.1 Å². The van der Waals surface area contributed by atoms with E-state index < -0.39 is 9.84 Å². The van der Waals surface area contributed by atoms with Crippen LogP contribution in [-0.2, 0) is 22.6 Å². The molecule has 8 heteroatoms. The Balaban J connectivity index is 1.59. The number of hydrogen-bond acceptors (Lipinski definition) is 6. The van der Waals surface area contributed by atoms with Gasteiger partial charge in [-0.25, -0.2) is 8.42 Å². The van der Waals surface area contributed by atoms with Crippen molar-refractivity contribution in [3.63, 3.8) is 0 Å². The summed E-state index contributed by atoms with van der Waals surface area (Å²) in [5.41, 5.74) is 1.20. The first-order chi connectivity index (χ1) is 11.5. The number of sulfone groups is 1. The molecule has 0 bridgehead atoms. The number of aromatic nitrogens is 4. The lowest BCUT2D eigenvalue weighted by Crippen LogP contribution is -2.12. The zero-order valence-electron chi connectivity index (χ0n) is 13.1. The van der Waals surface area contributed by atoms with Crippen LogP contribution in [0.3, 0.4) is 0 Å². The van der Waals surface area contributed by atoms with Gasteiger partial charge in [-0.1, -0.05) is 35.5 Å². The Labute approximate surface area is 139 Å². The molecule has 3 aromatic rings. The smallest absolute Gasteiger partial charge is 0.249 e. The standard InChI is InChI=1S/C16H16N4O3S/c1-20-15(12-7-8-12)17-18-16(20)24(21,22)10-13-9-14(23-19-13)11-5-3-2-4-6-11/h2-6,9,12H,7-8,10H2,1H3. The van der Waals surface area contributed by atoms with E-state index in [9.17, 15) is 8.42 Å². The zero-order valence-corrected chi connectivity index (χ0v) is 13.9. The SMILES string of the molecule is Cn1c(C2CC2)nnc1S(=O)(=O)Cc1cc(-c2ccccc2)on1. The van der Waals surface area contributed by atoms with Gasteiger partial charge in [0.1, 0.15) is 11.6 Å². The number of hydrogen-bond donors (Lipinski definition) is 0. The summed E-state index contributed by atoms with van der Waals surface area (Å²) in [5.74, 6) is 1.35. The maximum Gasteiger partial charge on any atom is 0.249 e. The van der Waals surface area contributed by atoms with E-state index >= 15 is 0 Å². The second-order valence-electron chi connectivity index (χ2n) is 5.98. The number of rotatable bonds is 5. The van der Waals surface area contributed by atoms with Gasteiger partial charge < -0.3 is 9.09 Å². The van der Waals surface area contributed by atoms with E-state index in [0.29, 0.717) is 17.4 Å². The molecule has 4 rings (SSSR count). The fraction of sp³-hybridized carbons (Fsp3) is 0.312. The van der Waals surface area contributed by atoms with Crippen LogP contribution in [0, 0.1) is 0 Å². The van der Waals surface area contributed by atoms with Crippen molar-refractivity contribution in [2.45, 2.75) is 29.7 Å². The molecule has 124 valence electrons. The molecule has 0 spiro atoms. The van der Waals surface area contributed by atoms with Crippen LogP contribution in [0.5, 0.6) is 0 Å². The van der Waals surface area contributed by atoms with Gasteiger partial charge >= 0.3 is 0 Å². The molecule has 0 unspecified atom stereocenters. The van der Waals surface area contributed by atoms with Crippen LogP contribution in [0.2, 0.25) is 0 Å². The van der Waals surface area contributed by atoms with E-state index in [-0.39, 0.29) is 10.9 Å². The van der Waals surface area contributed by atoms with Gasteiger partial charge in [-0.05, 0) is 12.8 Å². The second-order valence-corrected chi connectivity index (χ2v) is 7.86. The molecular formula is C16H16N4O3S. The highest BCUT2D eigenvalue weighted by Crippen LogP contribution is 2.39. The Hall–Kier alpha value is -2.48. The zero-order chi connectivity index (χ0) is 16.7. The van der Waals surface area contributed by atoms with Crippen molar-refractivity contribution in [1.29, 1.82) is 0 Å². The average Bonchev–Trinajstić information content (AvgIpc) is 3.17. The Morgan fingerprint density at radius 1 is 1.21 bits per heavy atom. The molecule has 1 aromatic carbocycles. The van der Waals surface area contributed by atoms with Crippen molar-refractivity contribution in [2.75, 3.05) is 0 Å². The molecule has 7 nitrogen and oxygen atoms in total. The molecule has 1 aliphatic rings. The van der Waals surface area contributed by atoms with Gasteiger partial charge in [0.25, 0.3) is 0 Å². The van der Waals surface area contributed by atoms with E-state index in [1.165, 1.54) is 0 Å². The molecule has 0 amide bonds. The Kier molecular flexibility index (Phi) is 3.49. The molecule has 24 heavy (non-hydrogen) atoms. The maximum atomic E-state index is 12.6. The van der Waals surface area contributed by atoms with Crippen molar-refractivity contribution in [3.05, 3.63) is 47.9 Å². The third-order valence-corrected chi connectivity index (χ3v) is 5.63. The Morgan fingerprint density at radius 3 is 2.67 bits per heavy atom. The summed E-state index contributed by atoms with van der Waals surface area (Å²) < 4.78 is 32.1. The molecule has 2 heterocycles. The van der Waals surface area contributed by atoms with Crippen LogP contribution >= 0.6 is 0 Å². The number of nitrogens with zero attached hydrogens (tertiary/aromatic N) is 4. The summed E-state index contributed by atoms with van der Waals surface area (Å²) >= 11 is 0. The van der Waals surface area contributed by atoms with Crippen molar-refractivity contribution < 1.29 is 12.9 Å². The first kappa shape index (κ1) is 15.1. The normalized spacial score (nSPS) is 14.9. The van der Waals surface area contributed by atoms with Gasteiger partial charge in [0.05, 0.1) is 5.69 Å². The Morgan fingerprint density at radius 2 is 1.96 bits per heavy atom. The van der Waals surface area contributed by atoms with Crippen LogP contribution in [0.1, 0.15) is 30.3 Å². The second kappa shape index (κ2) is 5.55. The van der Waals surface area contributed by atoms with E-state index in [2.05, 4.69) is 15.4 Å². The van der Waals surface area contributed by atoms with Gasteiger partial charge in [0.2, 0.25) is 15.0 Å². The van der Waals surface area contributed by atoms with Crippen LogP contribution in [0.4, 0.5) is 0 Å². The molecular weight excluding hydrogens is 328 g/mol. The first-order valence-corrected chi connectivity index (χ1v) is 9.33. The lowest BCUT2D eigenvalue weighted by molar-refractivity contribution is 0.425. The largest absolute Gasteiger partial charge is 0.356 e. The molecule has 0 saturated heterocycles. The van der Waals surface area contributed by atoms with Crippen molar-refractivity contribution in [1.82, 2.24) is 19.9 Å². The monoisotopic (exact) mass is 344 g/mol.